The lowest BCUT2D eigenvalue weighted by molar-refractivity contribution is 0.0925. The maximum Gasteiger partial charge on any atom is 0.271 e. The molecule has 0 spiro atoms. The first kappa shape index (κ1) is 17.5. The molecule has 1 aromatic carbocycles. The normalized spacial score (nSPS) is 10.2. The fourth-order valence-corrected chi connectivity index (χ4v) is 2.18. The Hall–Kier alpha value is -1.82. The van der Waals surface area contributed by atoms with Crippen molar-refractivity contribution in [2.45, 2.75) is 0 Å². The van der Waals surface area contributed by atoms with Gasteiger partial charge in [0.15, 0.2) is 0 Å². The van der Waals surface area contributed by atoms with Crippen molar-refractivity contribution in [2.75, 3.05) is 13.1 Å². The Labute approximate surface area is 148 Å². The second-order valence-electron chi connectivity index (χ2n) is 4.48. The molecule has 0 aliphatic heterocycles. The van der Waals surface area contributed by atoms with Crippen LogP contribution in [0.25, 0.3) is 0 Å². The van der Waals surface area contributed by atoms with Gasteiger partial charge in [-0.05, 0) is 36.4 Å². The Morgan fingerprint density at radius 2 is 1.48 bits per heavy atom. The molecule has 8 heteroatoms. The second kappa shape index (κ2) is 8.15. The number of nitrogens with zero attached hydrogens (tertiary/aromatic N) is 1. The molecule has 0 atom stereocenters. The summed E-state index contributed by atoms with van der Waals surface area (Å²) < 4.78 is 0. The lowest BCUT2D eigenvalue weighted by Crippen LogP contribution is -2.35. The Morgan fingerprint density at radius 1 is 0.870 bits per heavy atom. The highest BCUT2D eigenvalue weighted by Gasteiger charge is 2.12. The van der Waals surface area contributed by atoms with E-state index in [-0.39, 0.29) is 34.9 Å². The molecule has 0 unspecified atom stereocenters. The zero-order valence-electron chi connectivity index (χ0n) is 11.8. The highest BCUT2D eigenvalue weighted by atomic mass is 35.5. The second-order valence-corrected chi connectivity index (χ2v) is 5.71. The number of carbonyl (C=O) groups is 2. The molecule has 0 aliphatic rings. The van der Waals surface area contributed by atoms with Crippen LogP contribution in [-0.4, -0.2) is 29.9 Å². The topological polar surface area (TPSA) is 71.1 Å². The molecule has 120 valence electrons. The summed E-state index contributed by atoms with van der Waals surface area (Å²) in [5, 5.41) is 6.22. The first-order valence-electron chi connectivity index (χ1n) is 6.61. The molecule has 23 heavy (non-hydrogen) atoms. The fraction of sp³-hybridized carbons (Fsp3) is 0.133. The van der Waals surface area contributed by atoms with Crippen molar-refractivity contribution in [1.82, 2.24) is 15.6 Å². The summed E-state index contributed by atoms with van der Waals surface area (Å²) in [6.45, 7) is 0.480. The molecule has 1 heterocycles. The lowest BCUT2D eigenvalue weighted by atomic mass is 10.2. The molecule has 0 radical (unpaired) electrons. The molecule has 1 aromatic heterocycles. The van der Waals surface area contributed by atoms with Gasteiger partial charge in [-0.3, -0.25) is 9.59 Å². The summed E-state index contributed by atoms with van der Waals surface area (Å²) in [6.07, 6.45) is 0. The Bertz CT molecular complexity index is 720. The lowest BCUT2D eigenvalue weighted by Gasteiger charge is -2.08. The number of amides is 2. The maximum atomic E-state index is 11.9. The summed E-state index contributed by atoms with van der Waals surface area (Å²) in [5.41, 5.74) is 0.531. The minimum atomic E-state index is -0.460. The third-order valence-electron chi connectivity index (χ3n) is 2.83. The van der Waals surface area contributed by atoms with E-state index >= 15 is 0 Å². The molecule has 0 fully saturated rings. The first-order valence-corrected chi connectivity index (χ1v) is 7.75. The molecule has 0 saturated heterocycles. The van der Waals surface area contributed by atoms with Crippen molar-refractivity contribution in [3.63, 3.8) is 0 Å². The quantitative estimate of drug-likeness (QED) is 0.625. The largest absolute Gasteiger partial charge is 0.350 e. The molecule has 0 saturated carbocycles. The number of nitrogens with one attached hydrogen (secondary N) is 2. The number of benzene rings is 1. The molecular weight excluding hydrogens is 361 g/mol. The molecule has 2 amide bonds. The standard InChI is InChI=1S/C15H12Cl3N3O2/c16-10-3-1-9(2-4-10)14(22)19-7-8-20-15(23)13-11(17)5-6-12(18)21-13/h1-6H,7-8H2,(H,19,22)(H,20,23). The van der Waals surface area contributed by atoms with E-state index in [1.165, 1.54) is 12.1 Å². The Balaban J connectivity index is 1.81. The van der Waals surface area contributed by atoms with Gasteiger partial charge in [-0.25, -0.2) is 4.98 Å². The van der Waals surface area contributed by atoms with Crippen LogP contribution in [0.2, 0.25) is 15.2 Å². The van der Waals surface area contributed by atoms with Crippen molar-refractivity contribution < 1.29 is 9.59 Å². The molecule has 2 N–H and O–H groups in total. The molecule has 0 aliphatic carbocycles. The van der Waals surface area contributed by atoms with Gasteiger partial charge in [-0.1, -0.05) is 34.8 Å². The third-order valence-corrected chi connectivity index (χ3v) is 3.60. The van der Waals surface area contributed by atoms with Crippen LogP contribution in [0.4, 0.5) is 0 Å². The van der Waals surface area contributed by atoms with E-state index in [1.807, 2.05) is 0 Å². The molecule has 2 aromatic rings. The SMILES string of the molecule is O=C(NCCNC(=O)c1nc(Cl)ccc1Cl)c1ccc(Cl)cc1. The van der Waals surface area contributed by atoms with Crippen LogP contribution < -0.4 is 10.6 Å². The number of hydrogen-bond donors (Lipinski definition) is 2. The predicted octanol–water partition coefficient (Wildman–Crippen LogP) is 3.20. The van der Waals surface area contributed by atoms with E-state index in [2.05, 4.69) is 15.6 Å². The highest BCUT2D eigenvalue weighted by Crippen LogP contribution is 2.16. The van der Waals surface area contributed by atoms with Gasteiger partial charge in [-0.2, -0.15) is 0 Å². The van der Waals surface area contributed by atoms with Gasteiger partial charge in [0.25, 0.3) is 11.8 Å². The zero-order chi connectivity index (χ0) is 16.8. The van der Waals surface area contributed by atoms with Crippen LogP contribution in [0.3, 0.4) is 0 Å². The number of hydrogen-bond acceptors (Lipinski definition) is 3. The van der Waals surface area contributed by atoms with Crippen molar-refractivity contribution >= 4 is 46.6 Å². The van der Waals surface area contributed by atoms with Gasteiger partial charge in [0, 0.05) is 23.7 Å². The van der Waals surface area contributed by atoms with Crippen LogP contribution in [-0.2, 0) is 0 Å². The highest BCUT2D eigenvalue weighted by molar-refractivity contribution is 6.34. The van der Waals surface area contributed by atoms with E-state index in [0.717, 1.165) is 0 Å². The van der Waals surface area contributed by atoms with Crippen molar-refractivity contribution in [2.24, 2.45) is 0 Å². The van der Waals surface area contributed by atoms with E-state index in [1.54, 1.807) is 24.3 Å². The van der Waals surface area contributed by atoms with Crippen LogP contribution in [0.1, 0.15) is 20.8 Å². The predicted molar refractivity (Wildman–Crippen MR) is 90.4 cm³/mol. The number of pyridine rings is 1. The average molecular weight is 373 g/mol. The van der Waals surface area contributed by atoms with Gasteiger partial charge in [0.2, 0.25) is 0 Å². The molecule has 0 bridgehead atoms. The average Bonchev–Trinajstić information content (AvgIpc) is 2.54. The summed E-state index contributed by atoms with van der Waals surface area (Å²) in [7, 11) is 0. The van der Waals surface area contributed by atoms with E-state index in [4.69, 9.17) is 34.8 Å². The number of halogens is 3. The van der Waals surface area contributed by atoms with Crippen LogP contribution in [0.15, 0.2) is 36.4 Å². The van der Waals surface area contributed by atoms with Crippen molar-refractivity contribution in [3.05, 3.63) is 62.9 Å². The van der Waals surface area contributed by atoms with Crippen molar-refractivity contribution in [3.8, 4) is 0 Å². The summed E-state index contributed by atoms with van der Waals surface area (Å²) in [6, 6.07) is 9.48. The van der Waals surface area contributed by atoms with Gasteiger partial charge in [0.05, 0.1) is 5.02 Å². The maximum absolute atomic E-state index is 11.9. The van der Waals surface area contributed by atoms with Crippen LogP contribution in [0, 0.1) is 0 Å². The third kappa shape index (κ3) is 5.10. The Kier molecular flexibility index (Phi) is 6.21. The summed E-state index contributed by atoms with van der Waals surface area (Å²) in [4.78, 5) is 27.6. The summed E-state index contributed by atoms with van der Waals surface area (Å²) >= 11 is 17.4. The van der Waals surface area contributed by atoms with Crippen LogP contribution >= 0.6 is 34.8 Å². The van der Waals surface area contributed by atoms with E-state index < -0.39 is 5.91 Å². The molecule has 2 rings (SSSR count). The fourth-order valence-electron chi connectivity index (χ4n) is 1.72. The van der Waals surface area contributed by atoms with Gasteiger partial charge in [-0.15, -0.1) is 0 Å². The minimum Gasteiger partial charge on any atom is -0.350 e. The molecule has 5 nitrogen and oxygen atoms in total. The van der Waals surface area contributed by atoms with E-state index in [9.17, 15) is 9.59 Å². The number of rotatable bonds is 5. The first-order chi connectivity index (χ1) is 11.0. The van der Waals surface area contributed by atoms with Crippen molar-refractivity contribution in [1.29, 1.82) is 0 Å². The molecular formula is C15H12Cl3N3O2. The van der Waals surface area contributed by atoms with Gasteiger partial charge in [0.1, 0.15) is 10.8 Å². The van der Waals surface area contributed by atoms with Gasteiger partial charge < -0.3 is 10.6 Å². The number of carbonyl (C=O) groups excluding carboxylic acids is 2. The monoisotopic (exact) mass is 371 g/mol. The number of aromatic nitrogens is 1. The van der Waals surface area contributed by atoms with Crippen LogP contribution in [0.5, 0.6) is 0 Å². The zero-order valence-corrected chi connectivity index (χ0v) is 14.0. The minimum absolute atomic E-state index is 0.0446. The van der Waals surface area contributed by atoms with E-state index in [0.29, 0.717) is 10.6 Å². The smallest absolute Gasteiger partial charge is 0.271 e. The summed E-state index contributed by atoms with van der Waals surface area (Å²) in [5.74, 6) is -0.715. The Morgan fingerprint density at radius 3 is 2.13 bits per heavy atom. The van der Waals surface area contributed by atoms with Gasteiger partial charge >= 0.3 is 0 Å².